The summed E-state index contributed by atoms with van der Waals surface area (Å²) in [7, 11) is -2.70. The summed E-state index contributed by atoms with van der Waals surface area (Å²) in [5.74, 6) is -1.36. The van der Waals surface area contributed by atoms with Crippen molar-refractivity contribution in [2.45, 2.75) is 11.3 Å². The highest BCUT2D eigenvalue weighted by atomic mass is 32.2. The van der Waals surface area contributed by atoms with Gasteiger partial charge < -0.3 is 14.4 Å². The Morgan fingerprint density at radius 3 is 1.91 bits per heavy atom. The summed E-state index contributed by atoms with van der Waals surface area (Å²) in [6.45, 7) is 0.308. The Kier molecular flexibility index (Phi) is 6.74. The van der Waals surface area contributed by atoms with Gasteiger partial charge in [-0.05, 0) is 48.5 Å². The molecule has 0 aromatic heterocycles. The topological polar surface area (TPSA) is 93.2 Å². The maximum atomic E-state index is 12.8. The van der Waals surface area contributed by atoms with Gasteiger partial charge in [-0.2, -0.15) is 4.31 Å². The van der Waals surface area contributed by atoms with Gasteiger partial charge >= 0.3 is 12.3 Å². The van der Waals surface area contributed by atoms with Crippen molar-refractivity contribution in [2.75, 3.05) is 33.3 Å². The van der Waals surface area contributed by atoms with Crippen LogP contribution in [0.2, 0.25) is 0 Å². The van der Waals surface area contributed by atoms with Crippen molar-refractivity contribution in [1.29, 1.82) is 0 Å². The molecular formula is C20H19F3N2O6S. The monoisotopic (exact) mass is 472 g/mol. The molecule has 0 unspecified atom stereocenters. The molecule has 1 aliphatic rings. The van der Waals surface area contributed by atoms with Crippen LogP contribution in [0.5, 0.6) is 5.75 Å². The zero-order valence-electron chi connectivity index (χ0n) is 16.8. The zero-order chi connectivity index (χ0) is 23.5. The van der Waals surface area contributed by atoms with Crippen molar-refractivity contribution in [3.8, 4) is 5.75 Å². The van der Waals surface area contributed by atoms with E-state index in [1.807, 2.05) is 0 Å². The number of hydrogen-bond donors (Lipinski definition) is 0. The normalized spacial score (nSPS) is 15.3. The van der Waals surface area contributed by atoms with E-state index in [0.29, 0.717) is 11.1 Å². The molecule has 8 nitrogen and oxygen atoms in total. The number of esters is 1. The van der Waals surface area contributed by atoms with Crippen LogP contribution in [0.25, 0.3) is 0 Å². The lowest BCUT2D eigenvalue weighted by atomic mass is 10.1. The summed E-state index contributed by atoms with van der Waals surface area (Å²) >= 11 is 0. The first kappa shape index (κ1) is 23.5. The highest BCUT2D eigenvalue weighted by Crippen LogP contribution is 2.25. The average molecular weight is 472 g/mol. The number of piperazine rings is 1. The van der Waals surface area contributed by atoms with Crippen molar-refractivity contribution >= 4 is 21.9 Å². The number of halogens is 3. The van der Waals surface area contributed by atoms with Crippen molar-refractivity contribution in [1.82, 2.24) is 9.21 Å². The summed E-state index contributed by atoms with van der Waals surface area (Å²) in [5, 5.41) is 0. The van der Waals surface area contributed by atoms with Gasteiger partial charge in [0.05, 0.1) is 17.6 Å². The Balaban J connectivity index is 1.63. The third kappa shape index (κ3) is 5.37. The molecule has 12 heteroatoms. The predicted octanol–water partition coefficient (Wildman–Crippen LogP) is 2.52. The number of benzene rings is 2. The highest BCUT2D eigenvalue weighted by Gasteiger charge is 2.33. The van der Waals surface area contributed by atoms with Gasteiger partial charge in [-0.1, -0.05) is 0 Å². The lowest BCUT2D eigenvalue weighted by molar-refractivity contribution is -0.274. The number of sulfonamides is 1. The molecule has 0 radical (unpaired) electrons. The van der Waals surface area contributed by atoms with E-state index in [1.165, 1.54) is 36.3 Å². The molecular weight excluding hydrogens is 453 g/mol. The second-order valence-electron chi connectivity index (χ2n) is 6.78. The smallest absolute Gasteiger partial charge is 0.465 e. The van der Waals surface area contributed by atoms with E-state index in [0.717, 1.165) is 28.6 Å². The van der Waals surface area contributed by atoms with Gasteiger partial charge in [0, 0.05) is 31.7 Å². The minimum Gasteiger partial charge on any atom is -0.465 e. The average Bonchev–Trinajstić information content (AvgIpc) is 2.77. The van der Waals surface area contributed by atoms with Crippen LogP contribution < -0.4 is 4.74 Å². The Labute approximate surface area is 182 Å². The molecule has 1 aliphatic heterocycles. The second-order valence-corrected chi connectivity index (χ2v) is 8.72. The summed E-state index contributed by atoms with van der Waals surface area (Å²) in [6, 6.07) is 9.84. The molecule has 0 N–H and O–H groups in total. The van der Waals surface area contributed by atoms with Crippen LogP contribution in [0.15, 0.2) is 53.4 Å². The molecule has 3 rings (SSSR count). The molecule has 0 aliphatic carbocycles. The van der Waals surface area contributed by atoms with Crippen LogP contribution >= 0.6 is 0 Å². The number of alkyl halides is 3. The van der Waals surface area contributed by atoms with E-state index in [4.69, 9.17) is 0 Å². The first-order valence-electron chi connectivity index (χ1n) is 9.35. The molecule has 32 heavy (non-hydrogen) atoms. The third-order valence-electron chi connectivity index (χ3n) is 4.77. The van der Waals surface area contributed by atoms with E-state index in [-0.39, 0.29) is 37.0 Å². The summed E-state index contributed by atoms with van der Waals surface area (Å²) in [5.41, 5.74) is 0.640. The Morgan fingerprint density at radius 2 is 1.41 bits per heavy atom. The van der Waals surface area contributed by atoms with Gasteiger partial charge in [0.25, 0.3) is 5.91 Å². The summed E-state index contributed by atoms with van der Waals surface area (Å²) in [4.78, 5) is 25.5. The fourth-order valence-corrected chi connectivity index (χ4v) is 4.57. The molecule has 172 valence electrons. The second kappa shape index (κ2) is 9.17. The molecule has 0 bridgehead atoms. The molecule has 0 saturated carbocycles. The van der Waals surface area contributed by atoms with Crippen molar-refractivity contribution in [3.63, 3.8) is 0 Å². The number of methoxy groups -OCH3 is 1. The largest absolute Gasteiger partial charge is 0.573 e. The minimum atomic E-state index is -4.87. The fourth-order valence-electron chi connectivity index (χ4n) is 3.14. The number of nitrogens with zero attached hydrogens (tertiary/aromatic N) is 2. The summed E-state index contributed by atoms with van der Waals surface area (Å²) < 4.78 is 71.9. The van der Waals surface area contributed by atoms with E-state index < -0.39 is 28.1 Å². The first-order chi connectivity index (χ1) is 15.0. The highest BCUT2D eigenvalue weighted by molar-refractivity contribution is 7.89. The maximum absolute atomic E-state index is 12.8. The van der Waals surface area contributed by atoms with E-state index in [9.17, 15) is 31.2 Å². The van der Waals surface area contributed by atoms with E-state index in [2.05, 4.69) is 9.47 Å². The SMILES string of the molecule is COC(=O)c1ccc(C(=O)N2CCN(S(=O)(=O)c3ccc(OC(F)(F)F)cc3)CC2)cc1. The van der Waals surface area contributed by atoms with Gasteiger partial charge in [0.15, 0.2) is 0 Å². The van der Waals surface area contributed by atoms with Gasteiger partial charge in [0.1, 0.15) is 5.75 Å². The first-order valence-corrected chi connectivity index (χ1v) is 10.8. The zero-order valence-corrected chi connectivity index (χ0v) is 17.6. The minimum absolute atomic E-state index is 0.0229. The van der Waals surface area contributed by atoms with Gasteiger partial charge in [0.2, 0.25) is 10.0 Å². The molecule has 0 atom stereocenters. The van der Waals surface area contributed by atoms with Crippen LogP contribution in [0.1, 0.15) is 20.7 Å². The quantitative estimate of drug-likeness (QED) is 0.621. The lowest BCUT2D eigenvalue weighted by Crippen LogP contribution is -2.50. The molecule has 1 saturated heterocycles. The predicted molar refractivity (Wildman–Crippen MR) is 106 cm³/mol. The van der Waals surface area contributed by atoms with E-state index in [1.54, 1.807) is 0 Å². The molecule has 0 spiro atoms. The number of hydrogen-bond acceptors (Lipinski definition) is 6. The van der Waals surface area contributed by atoms with Crippen LogP contribution in [-0.2, 0) is 14.8 Å². The Morgan fingerprint density at radius 1 is 0.875 bits per heavy atom. The number of carbonyl (C=O) groups excluding carboxylic acids is 2. The number of carbonyl (C=O) groups is 2. The van der Waals surface area contributed by atoms with Crippen molar-refractivity contribution < 1.29 is 40.7 Å². The van der Waals surface area contributed by atoms with Crippen LogP contribution in [-0.4, -0.2) is 69.2 Å². The standard InChI is InChI=1S/C20H19F3N2O6S/c1-30-19(27)15-4-2-14(3-5-15)18(26)24-10-12-25(13-11-24)32(28,29)17-8-6-16(7-9-17)31-20(21,22)23/h2-9H,10-13H2,1H3. The van der Waals surface area contributed by atoms with Crippen LogP contribution in [0.4, 0.5) is 13.2 Å². The van der Waals surface area contributed by atoms with Gasteiger partial charge in [-0.3, -0.25) is 4.79 Å². The third-order valence-corrected chi connectivity index (χ3v) is 6.69. The lowest BCUT2D eigenvalue weighted by Gasteiger charge is -2.34. The molecule has 1 fully saturated rings. The van der Waals surface area contributed by atoms with Crippen molar-refractivity contribution in [3.05, 3.63) is 59.7 Å². The van der Waals surface area contributed by atoms with Crippen LogP contribution in [0, 0.1) is 0 Å². The number of rotatable bonds is 5. The summed E-state index contributed by atoms with van der Waals surface area (Å²) in [6.07, 6.45) is -4.87. The fraction of sp³-hybridized carbons (Fsp3) is 0.300. The molecule has 2 aromatic carbocycles. The van der Waals surface area contributed by atoms with Gasteiger partial charge in [-0.25, -0.2) is 13.2 Å². The Bertz CT molecular complexity index is 1080. The maximum Gasteiger partial charge on any atom is 0.573 e. The Hall–Kier alpha value is -3.12. The molecule has 1 heterocycles. The van der Waals surface area contributed by atoms with Gasteiger partial charge in [-0.15, -0.1) is 13.2 Å². The number of amides is 1. The molecule has 2 aromatic rings. The van der Waals surface area contributed by atoms with Crippen molar-refractivity contribution in [2.24, 2.45) is 0 Å². The van der Waals surface area contributed by atoms with E-state index >= 15 is 0 Å². The number of ether oxygens (including phenoxy) is 2. The molecule has 1 amide bonds. The van der Waals surface area contributed by atoms with Crippen LogP contribution in [0.3, 0.4) is 0 Å².